The fourth-order valence-electron chi connectivity index (χ4n) is 3.29. The van der Waals surface area contributed by atoms with Crippen LogP contribution < -0.4 is 5.32 Å². The highest BCUT2D eigenvalue weighted by Gasteiger charge is 2.25. The number of hydrogen-bond donors (Lipinski definition) is 2. The molecule has 1 fully saturated rings. The molecule has 1 heterocycles. The van der Waals surface area contributed by atoms with Crippen LogP contribution in [0.2, 0.25) is 0 Å². The summed E-state index contributed by atoms with van der Waals surface area (Å²) in [4.78, 5) is 10.5. The topological polar surface area (TPSA) is 97.5 Å². The van der Waals surface area contributed by atoms with Gasteiger partial charge in [0.2, 0.25) is 5.89 Å². The number of carboxylic acids is 1. The molecule has 0 aliphatic heterocycles. The normalized spacial score (nSPS) is 13.0. The van der Waals surface area contributed by atoms with Crippen LogP contribution >= 0.6 is 0 Å². The SMILES string of the molecule is C=C.O=C(O)CCOCCc1ccc(-c2ccc(Nc3nnc(C4CCC4)o3)cc2)cc1. The van der Waals surface area contributed by atoms with Gasteiger partial charge in [0.1, 0.15) is 0 Å². The van der Waals surface area contributed by atoms with E-state index >= 15 is 0 Å². The monoisotopic (exact) mass is 435 g/mol. The van der Waals surface area contributed by atoms with Crippen LogP contribution in [0.3, 0.4) is 0 Å². The molecule has 2 aromatic carbocycles. The Bertz CT molecular complexity index is 979. The van der Waals surface area contributed by atoms with Crippen LogP contribution in [-0.4, -0.2) is 34.5 Å². The van der Waals surface area contributed by atoms with Crippen LogP contribution in [0.25, 0.3) is 11.1 Å². The maximum Gasteiger partial charge on any atom is 0.320 e. The molecule has 1 aliphatic rings. The highest BCUT2D eigenvalue weighted by Crippen LogP contribution is 2.36. The van der Waals surface area contributed by atoms with Crippen molar-refractivity contribution in [2.24, 2.45) is 0 Å². The molecular formula is C25H29N3O4. The van der Waals surface area contributed by atoms with E-state index in [9.17, 15) is 4.79 Å². The Kier molecular flexibility index (Phi) is 8.57. The van der Waals surface area contributed by atoms with Crippen LogP contribution in [0, 0.1) is 0 Å². The number of aromatic nitrogens is 2. The molecule has 7 nitrogen and oxygen atoms in total. The summed E-state index contributed by atoms with van der Waals surface area (Å²) in [5, 5.41) is 20.0. The van der Waals surface area contributed by atoms with Crippen molar-refractivity contribution in [3.63, 3.8) is 0 Å². The average Bonchev–Trinajstić information content (AvgIpc) is 3.22. The summed E-state index contributed by atoms with van der Waals surface area (Å²) in [6.45, 7) is 6.77. The largest absolute Gasteiger partial charge is 0.481 e. The Morgan fingerprint density at radius 1 is 1.03 bits per heavy atom. The van der Waals surface area contributed by atoms with Gasteiger partial charge in [0.05, 0.1) is 19.6 Å². The van der Waals surface area contributed by atoms with Crippen molar-refractivity contribution < 1.29 is 19.1 Å². The van der Waals surface area contributed by atoms with Crippen molar-refractivity contribution in [1.82, 2.24) is 10.2 Å². The standard InChI is InChI=1S/C23H25N3O4.C2H4/c27-21(28)13-15-29-14-12-16-4-6-17(7-5-16)18-8-10-20(11-9-18)24-23-26-25-22(30-23)19-2-1-3-19;1-2/h4-11,19H,1-3,12-15H2,(H,24,26)(H,27,28);1-2H2. The quantitative estimate of drug-likeness (QED) is 0.317. The highest BCUT2D eigenvalue weighted by molar-refractivity contribution is 5.67. The van der Waals surface area contributed by atoms with Gasteiger partial charge in [-0.05, 0) is 48.1 Å². The number of aliphatic carboxylic acids is 1. The first-order valence-electron chi connectivity index (χ1n) is 10.8. The number of nitrogens with zero attached hydrogens (tertiary/aromatic N) is 2. The van der Waals surface area contributed by atoms with Crippen LogP contribution in [0.15, 0.2) is 66.1 Å². The summed E-state index contributed by atoms with van der Waals surface area (Å²) < 4.78 is 11.1. The summed E-state index contributed by atoms with van der Waals surface area (Å²) in [6.07, 6.45) is 4.30. The predicted molar refractivity (Wildman–Crippen MR) is 124 cm³/mol. The lowest BCUT2D eigenvalue weighted by molar-refractivity contribution is -0.138. The lowest BCUT2D eigenvalue weighted by Crippen LogP contribution is -2.08. The van der Waals surface area contributed by atoms with E-state index in [-0.39, 0.29) is 13.0 Å². The van der Waals surface area contributed by atoms with E-state index in [0.29, 0.717) is 18.5 Å². The number of benzene rings is 2. The molecule has 0 unspecified atom stereocenters. The molecule has 0 radical (unpaired) electrons. The lowest BCUT2D eigenvalue weighted by Gasteiger charge is -2.20. The fraction of sp³-hybridized carbons (Fsp3) is 0.320. The molecule has 7 heteroatoms. The number of rotatable bonds is 10. The van der Waals surface area contributed by atoms with Gasteiger partial charge in [0.25, 0.3) is 0 Å². The van der Waals surface area contributed by atoms with E-state index in [1.54, 1.807) is 0 Å². The summed E-state index contributed by atoms with van der Waals surface area (Å²) in [5.41, 5.74) is 4.30. The number of carboxylic acid groups (broad SMARTS) is 1. The zero-order valence-corrected chi connectivity index (χ0v) is 18.1. The summed E-state index contributed by atoms with van der Waals surface area (Å²) in [6, 6.07) is 16.8. The third-order valence-electron chi connectivity index (χ3n) is 5.31. The fourth-order valence-corrected chi connectivity index (χ4v) is 3.29. The van der Waals surface area contributed by atoms with E-state index in [1.807, 2.05) is 12.1 Å². The molecule has 3 aromatic rings. The minimum atomic E-state index is -0.837. The Hall–Kier alpha value is -3.45. The number of nitrogens with one attached hydrogen (secondary N) is 1. The molecule has 2 N–H and O–H groups in total. The van der Waals surface area contributed by atoms with Gasteiger partial charge in [-0.15, -0.1) is 18.3 Å². The van der Waals surface area contributed by atoms with Gasteiger partial charge in [-0.25, -0.2) is 0 Å². The first-order valence-corrected chi connectivity index (χ1v) is 10.8. The van der Waals surface area contributed by atoms with Gasteiger partial charge in [0, 0.05) is 11.6 Å². The van der Waals surface area contributed by atoms with Crippen LogP contribution in [-0.2, 0) is 16.0 Å². The number of anilines is 2. The van der Waals surface area contributed by atoms with Crippen molar-refractivity contribution in [3.05, 3.63) is 73.1 Å². The van der Waals surface area contributed by atoms with Gasteiger partial charge in [0.15, 0.2) is 0 Å². The Labute approximate surface area is 188 Å². The molecule has 168 valence electrons. The predicted octanol–water partition coefficient (Wildman–Crippen LogP) is 5.58. The van der Waals surface area contributed by atoms with Crippen LogP contribution in [0.1, 0.15) is 43.1 Å². The second-order valence-corrected chi connectivity index (χ2v) is 7.48. The third-order valence-corrected chi connectivity index (χ3v) is 5.31. The average molecular weight is 436 g/mol. The first-order chi connectivity index (χ1) is 15.7. The van der Waals surface area contributed by atoms with Crippen molar-refractivity contribution in [1.29, 1.82) is 0 Å². The summed E-state index contributed by atoms with van der Waals surface area (Å²) in [7, 11) is 0. The van der Waals surface area contributed by atoms with E-state index in [0.717, 1.165) is 47.5 Å². The van der Waals surface area contributed by atoms with E-state index in [4.69, 9.17) is 14.3 Å². The molecule has 1 saturated carbocycles. The van der Waals surface area contributed by atoms with E-state index in [2.05, 4.69) is 65.1 Å². The second kappa shape index (κ2) is 11.8. The summed E-state index contributed by atoms with van der Waals surface area (Å²) >= 11 is 0. The molecular weight excluding hydrogens is 406 g/mol. The van der Waals surface area contributed by atoms with Gasteiger partial charge >= 0.3 is 12.0 Å². The van der Waals surface area contributed by atoms with Crippen molar-refractivity contribution in [2.45, 2.75) is 38.0 Å². The van der Waals surface area contributed by atoms with Crippen LogP contribution in [0.5, 0.6) is 0 Å². The maximum absolute atomic E-state index is 10.5. The molecule has 1 aromatic heterocycles. The van der Waals surface area contributed by atoms with Gasteiger partial charge in [-0.3, -0.25) is 4.79 Å². The smallest absolute Gasteiger partial charge is 0.320 e. The molecule has 1 aliphatic carbocycles. The van der Waals surface area contributed by atoms with Crippen molar-refractivity contribution >= 4 is 17.7 Å². The molecule has 0 atom stereocenters. The maximum atomic E-state index is 10.5. The highest BCUT2D eigenvalue weighted by atomic mass is 16.5. The zero-order chi connectivity index (χ0) is 22.8. The number of hydrogen-bond acceptors (Lipinski definition) is 6. The van der Waals surface area contributed by atoms with Crippen molar-refractivity contribution in [3.8, 4) is 11.1 Å². The Morgan fingerprint density at radius 3 is 2.28 bits per heavy atom. The number of carbonyl (C=O) groups is 1. The molecule has 0 bridgehead atoms. The van der Waals surface area contributed by atoms with E-state index in [1.165, 1.54) is 6.42 Å². The van der Waals surface area contributed by atoms with Gasteiger partial charge in [-0.1, -0.05) is 47.9 Å². The van der Waals surface area contributed by atoms with Gasteiger partial charge in [-0.2, -0.15) is 0 Å². The van der Waals surface area contributed by atoms with Gasteiger partial charge < -0.3 is 19.6 Å². The molecule has 0 amide bonds. The minimum Gasteiger partial charge on any atom is -0.481 e. The minimum absolute atomic E-state index is 0.0397. The van der Waals surface area contributed by atoms with Crippen LogP contribution in [0.4, 0.5) is 11.7 Å². The Morgan fingerprint density at radius 2 is 1.69 bits per heavy atom. The summed E-state index contributed by atoms with van der Waals surface area (Å²) in [5.74, 6) is 0.318. The molecule has 0 spiro atoms. The molecule has 4 rings (SSSR count). The Balaban J connectivity index is 0.00000141. The lowest BCUT2D eigenvalue weighted by atomic mass is 9.85. The number of ether oxygens (including phenoxy) is 1. The first kappa shape index (κ1) is 23.2. The third kappa shape index (κ3) is 6.52. The van der Waals surface area contributed by atoms with E-state index < -0.39 is 5.97 Å². The zero-order valence-electron chi connectivity index (χ0n) is 18.1. The molecule has 0 saturated heterocycles. The second-order valence-electron chi connectivity index (χ2n) is 7.48. The van der Waals surface area contributed by atoms with Crippen molar-refractivity contribution in [2.75, 3.05) is 18.5 Å². The molecule has 32 heavy (non-hydrogen) atoms.